The van der Waals surface area contributed by atoms with Gasteiger partial charge in [0, 0.05) is 19.8 Å². The lowest BCUT2D eigenvalue weighted by atomic mass is 9.82. The van der Waals surface area contributed by atoms with Crippen LogP contribution in [0.2, 0.25) is 0 Å². The van der Waals surface area contributed by atoms with Gasteiger partial charge in [0.15, 0.2) is 0 Å². The summed E-state index contributed by atoms with van der Waals surface area (Å²) in [5.41, 5.74) is 1.11. The van der Waals surface area contributed by atoms with Crippen LogP contribution in [0.3, 0.4) is 0 Å². The van der Waals surface area contributed by atoms with Crippen LogP contribution in [0.5, 0.6) is 0 Å². The van der Waals surface area contributed by atoms with E-state index >= 15 is 0 Å². The van der Waals surface area contributed by atoms with Gasteiger partial charge in [0.05, 0.1) is 11.1 Å². The highest BCUT2D eigenvalue weighted by atomic mass is 16.5. The Hall–Kier alpha value is -1.68. The Balaban J connectivity index is 1.47. The molecule has 0 aromatic heterocycles. The Bertz CT molecular complexity index is 555. The Morgan fingerprint density at radius 1 is 1.00 bits per heavy atom. The van der Waals surface area contributed by atoms with E-state index in [1.807, 2.05) is 12.1 Å². The monoisotopic (exact) mass is 329 g/mol. The number of carbonyl (C=O) groups is 2. The smallest absolute Gasteiger partial charge is 0.261 e. The van der Waals surface area contributed by atoms with Gasteiger partial charge in [-0.2, -0.15) is 0 Å². The third-order valence-electron chi connectivity index (χ3n) is 5.28. The second-order valence-electron chi connectivity index (χ2n) is 7.08. The Morgan fingerprint density at radius 2 is 1.58 bits per heavy atom. The van der Waals surface area contributed by atoms with Gasteiger partial charge in [-0.1, -0.05) is 25.5 Å². The van der Waals surface area contributed by atoms with Crippen LogP contribution in [-0.2, 0) is 4.74 Å². The fourth-order valence-electron chi connectivity index (χ4n) is 3.74. The third kappa shape index (κ3) is 3.69. The lowest BCUT2D eigenvalue weighted by Crippen LogP contribution is -2.36. The van der Waals surface area contributed by atoms with Crippen molar-refractivity contribution in [3.8, 4) is 0 Å². The number of hydrogen-bond acceptors (Lipinski definition) is 3. The third-order valence-corrected chi connectivity index (χ3v) is 5.28. The van der Waals surface area contributed by atoms with E-state index in [-0.39, 0.29) is 11.8 Å². The van der Waals surface area contributed by atoms with Crippen LogP contribution in [-0.4, -0.2) is 36.5 Å². The number of ether oxygens (including phenoxy) is 1. The summed E-state index contributed by atoms with van der Waals surface area (Å²) in [5, 5.41) is 0. The van der Waals surface area contributed by atoms with E-state index in [4.69, 9.17) is 4.74 Å². The molecule has 1 fully saturated rings. The van der Waals surface area contributed by atoms with Crippen LogP contribution in [0.1, 0.15) is 66.2 Å². The van der Waals surface area contributed by atoms with Crippen LogP contribution >= 0.6 is 0 Å². The van der Waals surface area contributed by atoms with E-state index in [0.29, 0.717) is 29.5 Å². The minimum absolute atomic E-state index is 0.124. The molecular weight excluding hydrogens is 302 g/mol. The summed E-state index contributed by atoms with van der Waals surface area (Å²) >= 11 is 0. The molecule has 0 unspecified atom stereocenters. The van der Waals surface area contributed by atoms with E-state index < -0.39 is 0 Å². The minimum atomic E-state index is -0.124. The maximum Gasteiger partial charge on any atom is 0.261 e. The molecule has 0 spiro atoms. The molecule has 130 valence electrons. The van der Waals surface area contributed by atoms with E-state index in [9.17, 15) is 9.59 Å². The minimum Gasteiger partial charge on any atom is -0.381 e. The summed E-state index contributed by atoms with van der Waals surface area (Å²) < 4.78 is 5.74. The van der Waals surface area contributed by atoms with Crippen molar-refractivity contribution in [2.45, 2.75) is 45.4 Å². The van der Waals surface area contributed by atoms with Crippen molar-refractivity contribution in [3.05, 3.63) is 35.4 Å². The predicted molar refractivity (Wildman–Crippen MR) is 93.0 cm³/mol. The van der Waals surface area contributed by atoms with Crippen molar-refractivity contribution in [3.63, 3.8) is 0 Å². The summed E-state index contributed by atoms with van der Waals surface area (Å²) in [7, 11) is 0. The van der Waals surface area contributed by atoms with Crippen molar-refractivity contribution < 1.29 is 14.3 Å². The van der Waals surface area contributed by atoms with Gasteiger partial charge in [-0.15, -0.1) is 0 Å². The molecule has 0 N–H and O–H groups in total. The maximum atomic E-state index is 12.4. The average molecular weight is 329 g/mol. The SMILES string of the molecule is CCCCOCC1CCC(CN2C(=O)c3ccccc3C2=O)CC1. The number of carbonyl (C=O) groups excluding carboxylic acids is 2. The van der Waals surface area contributed by atoms with Crippen LogP contribution in [0.15, 0.2) is 24.3 Å². The molecule has 1 aliphatic heterocycles. The standard InChI is InChI=1S/C20H27NO3/c1-2-3-12-24-14-16-10-8-15(9-11-16)13-21-19(22)17-6-4-5-7-18(17)20(21)23/h4-7,15-16H,2-3,8-14H2,1H3. The van der Waals surface area contributed by atoms with Crippen LogP contribution in [0, 0.1) is 11.8 Å². The molecule has 2 aliphatic rings. The highest BCUT2D eigenvalue weighted by Crippen LogP contribution is 2.32. The second kappa shape index (κ2) is 7.93. The summed E-state index contributed by atoms with van der Waals surface area (Å²) in [6.45, 7) is 4.47. The second-order valence-corrected chi connectivity index (χ2v) is 7.08. The van der Waals surface area contributed by atoms with Gasteiger partial charge >= 0.3 is 0 Å². The van der Waals surface area contributed by atoms with Gasteiger partial charge in [0.2, 0.25) is 0 Å². The van der Waals surface area contributed by atoms with Crippen molar-refractivity contribution in [1.82, 2.24) is 4.90 Å². The lowest BCUT2D eigenvalue weighted by molar-refractivity contribution is 0.0557. The lowest BCUT2D eigenvalue weighted by Gasteiger charge is -2.30. The predicted octanol–water partition coefficient (Wildman–Crippen LogP) is 3.91. The van der Waals surface area contributed by atoms with Gasteiger partial charge in [-0.3, -0.25) is 14.5 Å². The normalized spacial score (nSPS) is 23.6. The molecule has 0 atom stereocenters. The number of hydrogen-bond donors (Lipinski definition) is 0. The number of nitrogens with zero attached hydrogens (tertiary/aromatic N) is 1. The fraction of sp³-hybridized carbons (Fsp3) is 0.600. The molecule has 2 amide bonds. The quantitative estimate of drug-likeness (QED) is 0.563. The van der Waals surface area contributed by atoms with Crippen LogP contribution in [0.4, 0.5) is 0 Å². The van der Waals surface area contributed by atoms with E-state index in [1.54, 1.807) is 12.1 Å². The van der Waals surface area contributed by atoms with E-state index in [1.165, 1.54) is 11.3 Å². The molecule has 0 radical (unpaired) electrons. The zero-order chi connectivity index (χ0) is 16.9. The Labute approximate surface area is 144 Å². The number of rotatable bonds is 7. The first-order chi connectivity index (χ1) is 11.7. The van der Waals surface area contributed by atoms with E-state index in [0.717, 1.165) is 45.3 Å². The average Bonchev–Trinajstić information content (AvgIpc) is 2.85. The topological polar surface area (TPSA) is 46.6 Å². The van der Waals surface area contributed by atoms with Crippen molar-refractivity contribution >= 4 is 11.8 Å². The van der Waals surface area contributed by atoms with Gasteiger partial charge < -0.3 is 4.74 Å². The van der Waals surface area contributed by atoms with Crippen molar-refractivity contribution in [2.75, 3.05) is 19.8 Å². The highest BCUT2D eigenvalue weighted by molar-refractivity contribution is 6.21. The Morgan fingerprint density at radius 3 is 2.17 bits per heavy atom. The first-order valence-corrected chi connectivity index (χ1v) is 9.23. The first-order valence-electron chi connectivity index (χ1n) is 9.23. The molecule has 4 nitrogen and oxygen atoms in total. The molecular formula is C20H27NO3. The number of benzene rings is 1. The molecule has 0 bridgehead atoms. The van der Waals surface area contributed by atoms with Gasteiger partial charge in [0.25, 0.3) is 11.8 Å². The number of fused-ring (bicyclic) bond motifs is 1. The van der Waals surface area contributed by atoms with Crippen molar-refractivity contribution in [1.29, 1.82) is 0 Å². The molecule has 4 heteroatoms. The molecule has 24 heavy (non-hydrogen) atoms. The van der Waals surface area contributed by atoms with Crippen molar-refractivity contribution in [2.24, 2.45) is 11.8 Å². The van der Waals surface area contributed by atoms with Gasteiger partial charge in [0.1, 0.15) is 0 Å². The number of imide groups is 1. The molecule has 1 heterocycles. The summed E-state index contributed by atoms with van der Waals surface area (Å²) in [4.78, 5) is 26.3. The number of amides is 2. The zero-order valence-corrected chi connectivity index (χ0v) is 14.5. The summed E-state index contributed by atoms with van der Waals surface area (Å²) in [5.74, 6) is 0.820. The fourth-order valence-corrected chi connectivity index (χ4v) is 3.74. The molecule has 1 aromatic carbocycles. The Kier molecular flexibility index (Phi) is 5.67. The maximum absolute atomic E-state index is 12.4. The largest absolute Gasteiger partial charge is 0.381 e. The molecule has 0 saturated heterocycles. The van der Waals surface area contributed by atoms with E-state index in [2.05, 4.69) is 6.92 Å². The molecule has 1 aromatic rings. The summed E-state index contributed by atoms with van der Waals surface area (Å²) in [6.07, 6.45) is 6.74. The summed E-state index contributed by atoms with van der Waals surface area (Å²) in [6, 6.07) is 7.13. The van der Waals surface area contributed by atoms with Crippen LogP contribution < -0.4 is 0 Å². The zero-order valence-electron chi connectivity index (χ0n) is 14.5. The van der Waals surface area contributed by atoms with Gasteiger partial charge in [-0.05, 0) is 56.1 Å². The van der Waals surface area contributed by atoms with Gasteiger partial charge in [-0.25, -0.2) is 0 Å². The number of unbranched alkanes of at least 4 members (excludes halogenated alkanes) is 1. The first kappa shape index (κ1) is 17.2. The van der Waals surface area contributed by atoms with Crippen LogP contribution in [0.25, 0.3) is 0 Å². The molecule has 3 rings (SSSR count). The molecule has 1 aliphatic carbocycles. The molecule has 1 saturated carbocycles. The highest BCUT2D eigenvalue weighted by Gasteiger charge is 2.36.